The van der Waals surface area contributed by atoms with E-state index in [0.717, 1.165) is 0 Å². The molecule has 0 bridgehead atoms. The van der Waals surface area contributed by atoms with Gasteiger partial charge in [0, 0.05) is 6.54 Å². The van der Waals surface area contributed by atoms with E-state index in [1.165, 1.54) is 0 Å². The van der Waals surface area contributed by atoms with Gasteiger partial charge in [0.2, 0.25) is 0 Å². The lowest BCUT2D eigenvalue weighted by atomic mass is 10.2. The molecule has 4 N–H and O–H groups in total. The third-order valence-corrected chi connectivity index (χ3v) is 2.30. The lowest BCUT2D eigenvalue weighted by Gasteiger charge is -2.11. The molecule has 0 aliphatic carbocycles. The fourth-order valence-corrected chi connectivity index (χ4v) is 1.54. The van der Waals surface area contributed by atoms with Crippen LogP contribution in [0.5, 0.6) is 0 Å². The number of rotatable bonds is 3. The van der Waals surface area contributed by atoms with Crippen molar-refractivity contribution in [1.29, 1.82) is 0 Å². The first-order valence-electron chi connectivity index (χ1n) is 4.41. The number of nitrogens with two attached hydrogens (primary N) is 1. The molecule has 0 aliphatic heterocycles. The number of anilines is 2. The molecule has 0 saturated carbocycles. The van der Waals surface area contributed by atoms with Crippen molar-refractivity contribution in [2.24, 2.45) is 0 Å². The summed E-state index contributed by atoms with van der Waals surface area (Å²) in [5.74, 6) is -0.704. The molecule has 0 spiro atoms. The SMILES string of the molecule is CCNc1nc(C)c(C(=O)O)c(Cl)c1N. The first-order valence-corrected chi connectivity index (χ1v) is 4.79. The van der Waals surface area contributed by atoms with E-state index in [1.54, 1.807) is 6.92 Å². The lowest BCUT2D eigenvalue weighted by molar-refractivity contribution is 0.0696. The van der Waals surface area contributed by atoms with E-state index < -0.39 is 5.97 Å². The van der Waals surface area contributed by atoms with E-state index in [2.05, 4.69) is 10.3 Å². The monoisotopic (exact) mass is 229 g/mol. The zero-order valence-corrected chi connectivity index (χ0v) is 9.22. The van der Waals surface area contributed by atoms with Crippen LogP contribution in [0.2, 0.25) is 5.02 Å². The van der Waals surface area contributed by atoms with Crippen molar-refractivity contribution in [3.05, 3.63) is 16.3 Å². The third-order valence-electron chi connectivity index (χ3n) is 1.91. The average molecular weight is 230 g/mol. The number of carboxylic acids is 1. The summed E-state index contributed by atoms with van der Waals surface area (Å²) < 4.78 is 0. The normalized spacial score (nSPS) is 10.1. The van der Waals surface area contributed by atoms with Crippen LogP contribution in [0, 0.1) is 6.92 Å². The van der Waals surface area contributed by atoms with Crippen LogP contribution in [0.15, 0.2) is 0 Å². The fraction of sp³-hybridized carbons (Fsp3) is 0.333. The molecule has 82 valence electrons. The van der Waals surface area contributed by atoms with E-state index in [9.17, 15) is 4.79 Å². The van der Waals surface area contributed by atoms with Crippen LogP contribution in [0.25, 0.3) is 0 Å². The number of hydrogen-bond acceptors (Lipinski definition) is 4. The maximum absolute atomic E-state index is 10.9. The summed E-state index contributed by atoms with van der Waals surface area (Å²) in [4.78, 5) is 14.9. The molecule has 1 aromatic rings. The molecule has 0 aromatic carbocycles. The maximum Gasteiger partial charge on any atom is 0.339 e. The van der Waals surface area contributed by atoms with E-state index in [1.807, 2.05) is 6.92 Å². The van der Waals surface area contributed by atoms with Crippen molar-refractivity contribution in [2.75, 3.05) is 17.6 Å². The number of nitrogens with one attached hydrogen (secondary N) is 1. The summed E-state index contributed by atoms with van der Waals surface area (Å²) in [6.07, 6.45) is 0. The summed E-state index contributed by atoms with van der Waals surface area (Å²) in [5.41, 5.74) is 6.12. The molecule has 1 rings (SSSR count). The average Bonchev–Trinajstić information content (AvgIpc) is 2.13. The fourth-order valence-electron chi connectivity index (χ4n) is 1.23. The van der Waals surface area contributed by atoms with Gasteiger partial charge in [-0.2, -0.15) is 0 Å². The van der Waals surface area contributed by atoms with Gasteiger partial charge in [-0.25, -0.2) is 9.78 Å². The molecule has 6 heteroatoms. The molecule has 5 nitrogen and oxygen atoms in total. The minimum atomic E-state index is -1.13. The lowest BCUT2D eigenvalue weighted by Crippen LogP contribution is -2.10. The molecular formula is C9H12ClN3O2. The van der Waals surface area contributed by atoms with Gasteiger partial charge < -0.3 is 16.2 Å². The smallest absolute Gasteiger partial charge is 0.339 e. The summed E-state index contributed by atoms with van der Waals surface area (Å²) in [6, 6.07) is 0. The molecule has 0 amide bonds. The molecule has 0 radical (unpaired) electrons. The van der Waals surface area contributed by atoms with Crippen molar-refractivity contribution in [3.8, 4) is 0 Å². The zero-order chi connectivity index (χ0) is 11.6. The van der Waals surface area contributed by atoms with Crippen LogP contribution >= 0.6 is 11.6 Å². The molecule has 0 aliphatic rings. The second kappa shape index (κ2) is 4.35. The van der Waals surface area contributed by atoms with Gasteiger partial charge in [-0.15, -0.1) is 0 Å². The van der Waals surface area contributed by atoms with Crippen LogP contribution in [0.3, 0.4) is 0 Å². The largest absolute Gasteiger partial charge is 0.478 e. The Balaban J connectivity index is 3.37. The maximum atomic E-state index is 10.9. The molecule has 0 unspecified atom stereocenters. The first kappa shape index (κ1) is 11.6. The van der Waals surface area contributed by atoms with E-state index >= 15 is 0 Å². The molecule has 0 saturated heterocycles. The number of aromatic nitrogens is 1. The summed E-state index contributed by atoms with van der Waals surface area (Å²) in [7, 11) is 0. The minimum Gasteiger partial charge on any atom is -0.478 e. The third kappa shape index (κ3) is 2.12. The molecule has 15 heavy (non-hydrogen) atoms. The number of halogens is 1. The van der Waals surface area contributed by atoms with Crippen molar-refractivity contribution in [2.45, 2.75) is 13.8 Å². The van der Waals surface area contributed by atoms with Crippen molar-refractivity contribution < 1.29 is 9.90 Å². The number of nitrogens with zero attached hydrogens (tertiary/aromatic N) is 1. The Kier molecular flexibility index (Phi) is 3.36. The Morgan fingerprint density at radius 3 is 2.73 bits per heavy atom. The van der Waals surface area contributed by atoms with E-state index in [-0.39, 0.29) is 16.3 Å². The highest BCUT2D eigenvalue weighted by atomic mass is 35.5. The second-order valence-corrected chi connectivity index (χ2v) is 3.36. The van der Waals surface area contributed by atoms with Crippen molar-refractivity contribution >= 4 is 29.1 Å². The van der Waals surface area contributed by atoms with Crippen molar-refractivity contribution in [3.63, 3.8) is 0 Å². The Morgan fingerprint density at radius 1 is 1.67 bits per heavy atom. The number of aryl methyl sites for hydroxylation is 1. The highest BCUT2D eigenvalue weighted by Gasteiger charge is 2.18. The van der Waals surface area contributed by atoms with Crippen LogP contribution in [0.1, 0.15) is 23.0 Å². The molecule has 1 heterocycles. The molecular weight excluding hydrogens is 218 g/mol. The van der Waals surface area contributed by atoms with Crippen LogP contribution in [0.4, 0.5) is 11.5 Å². The van der Waals surface area contributed by atoms with Gasteiger partial charge in [-0.1, -0.05) is 11.6 Å². The Bertz CT molecular complexity index is 407. The highest BCUT2D eigenvalue weighted by molar-refractivity contribution is 6.36. The number of carbonyl (C=O) groups is 1. The number of carboxylic acid groups (broad SMARTS) is 1. The minimum absolute atomic E-state index is 0.0333. The molecule has 1 aromatic heterocycles. The van der Waals surface area contributed by atoms with Crippen LogP contribution < -0.4 is 11.1 Å². The van der Waals surface area contributed by atoms with Gasteiger partial charge in [-0.3, -0.25) is 0 Å². The quantitative estimate of drug-likeness (QED) is 0.735. The van der Waals surface area contributed by atoms with E-state index in [4.69, 9.17) is 22.4 Å². The zero-order valence-electron chi connectivity index (χ0n) is 8.47. The predicted molar refractivity (Wildman–Crippen MR) is 59.5 cm³/mol. The van der Waals surface area contributed by atoms with Crippen LogP contribution in [-0.2, 0) is 0 Å². The van der Waals surface area contributed by atoms with Crippen LogP contribution in [-0.4, -0.2) is 22.6 Å². The Hall–Kier alpha value is -1.49. The molecule has 0 fully saturated rings. The highest BCUT2D eigenvalue weighted by Crippen LogP contribution is 2.30. The van der Waals surface area contributed by atoms with Gasteiger partial charge in [-0.05, 0) is 13.8 Å². The Morgan fingerprint density at radius 2 is 2.27 bits per heavy atom. The van der Waals surface area contributed by atoms with Crippen molar-refractivity contribution in [1.82, 2.24) is 4.98 Å². The summed E-state index contributed by atoms with van der Waals surface area (Å²) in [5, 5.41) is 11.8. The van der Waals surface area contributed by atoms with Gasteiger partial charge in [0.25, 0.3) is 0 Å². The first-order chi connectivity index (χ1) is 6.99. The van der Waals surface area contributed by atoms with Gasteiger partial charge in [0.1, 0.15) is 5.56 Å². The topological polar surface area (TPSA) is 88.2 Å². The summed E-state index contributed by atoms with van der Waals surface area (Å²) >= 11 is 5.85. The Labute approximate surface area is 92.3 Å². The standard InChI is InChI=1S/C9H12ClN3O2/c1-3-12-8-7(11)6(10)5(9(14)15)4(2)13-8/h3,11H2,1-2H3,(H,12,13)(H,14,15). The van der Waals surface area contributed by atoms with E-state index in [0.29, 0.717) is 18.1 Å². The number of pyridine rings is 1. The number of hydrogen-bond donors (Lipinski definition) is 3. The predicted octanol–water partition coefficient (Wildman–Crippen LogP) is 1.76. The number of aromatic carboxylic acids is 1. The van der Waals surface area contributed by atoms with Gasteiger partial charge in [0.15, 0.2) is 5.82 Å². The second-order valence-electron chi connectivity index (χ2n) is 2.98. The van der Waals surface area contributed by atoms with Gasteiger partial charge >= 0.3 is 5.97 Å². The molecule has 0 atom stereocenters. The summed E-state index contributed by atoms with van der Waals surface area (Å²) in [6.45, 7) is 4.10. The number of nitrogen functional groups attached to an aromatic ring is 1. The van der Waals surface area contributed by atoms with Gasteiger partial charge in [0.05, 0.1) is 16.4 Å².